The Bertz CT molecular complexity index is 415. The van der Waals surface area contributed by atoms with E-state index < -0.39 is 0 Å². The van der Waals surface area contributed by atoms with Crippen LogP contribution in [0.5, 0.6) is 11.5 Å². The normalized spacial score (nSPS) is 18.7. The second-order valence-corrected chi connectivity index (χ2v) is 4.50. The van der Waals surface area contributed by atoms with Crippen molar-refractivity contribution in [3.8, 4) is 11.5 Å². The first-order chi connectivity index (χ1) is 8.85. The lowest BCUT2D eigenvalue weighted by Crippen LogP contribution is -2.17. The quantitative estimate of drug-likeness (QED) is 0.814. The molecule has 0 aliphatic heterocycles. The summed E-state index contributed by atoms with van der Waals surface area (Å²) in [6.45, 7) is 0.615. The van der Waals surface area contributed by atoms with Crippen molar-refractivity contribution < 1.29 is 9.47 Å². The number of nitrogens with two attached hydrogens (primary N) is 1. The minimum Gasteiger partial charge on any atom is -0.493 e. The number of hydrogen-bond donors (Lipinski definition) is 1. The van der Waals surface area contributed by atoms with Crippen molar-refractivity contribution in [2.24, 2.45) is 5.73 Å². The highest BCUT2D eigenvalue weighted by atomic mass is 16.5. The van der Waals surface area contributed by atoms with Gasteiger partial charge in [-0.2, -0.15) is 0 Å². The van der Waals surface area contributed by atoms with E-state index in [2.05, 4.69) is 18.2 Å². The molecule has 0 saturated carbocycles. The molecular formula is C15H21NO2. The van der Waals surface area contributed by atoms with Gasteiger partial charge in [0.15, 0.2) is 11.5 Å². The molecule has 1 aliphatic carbocycles. The van der Waals surface area contributed by atoms with Crippen molar-refractivity contribution in [1.82, 2.24) is 0 Å². The molecule has 0 saturated heterocycles. The lowest BCUT2D eigenvalue weighted by molar-refractivity contribution is 0.217. The van der Waals surface area contributed by atoms with Crippen molar-refractivity contribution in [3.63, 3.8) is 0 Å². The van der Waals surface area contributed by atoms with Crippen LogP contribution in [0.15, 0.2) is 30.4 Å². The minimum atomic E-state index is 0.159. The Kier molecular flexibility index (Phi) is 4.65. The van der Waals surface area contributed by atoms with Gasteiger partial charge in [0.05, 0.1) is 7.11 Å². The van der Waals surface area contributed by atoms with Gasteiger partial charge in [0.1, 0.15) is 6.10 Å². The molecule has 0 fully saturated rings. The Hall–Kier alpha value is -1.48. The average Bonchev–Trinajstić information content (AvgIpc) is 2.42. The molecule has 1 aliphatic rings. The minimum absolute atomic E-state index is 0.159. The number of methoxy groups -OCH3 is 1. The molecule has 2 N–H and O–H groups in total. The van der Waals surface area contributed by atoms with Gasteiger partial charge in [-0.1, -0.05) is 18.2 Å². The van der Waals surface area contributed by atoms with Crippen LogP contribution in [-0.2, 0) is 6.42 Å². The summed E-state index contributed by atoms with van der Waals surface area (Å²) >= 11 is 0. The highest BCUT2D eigenvalue weighted by molar-refractivity contribution is 5.47. The smallest absolute Gasteiger partial charge is 0.165 e. The standard InChI is InChI=1S/C15H21NO2/c1-17-14-9-5-6-12(10-11-16)15(14)18-13-7-3-2-4-8-13/h3,5-7,9,13H,2,4,8,10-11,16H2,1H3. The van der Waals surface area contributed by atoms with Gasteiger partial charge >= 0.3 is 0 Å². The molecule has 98 valence electrons. The lowest BCUT2D eigenvalue weighted by Gasteiger charge is -2.22. The Morgan fingerprint density at radius 2 is 2.28 bits per heavy atom. The third-order valence-corrected chi connectivity index (χ3v) is 3.17. The molecule has 3 heteroatoms. The van der Waals surface area contributed by atoms with Crippen molar-refractivity contribution >= 4 is 0 Å². The van der Waals surface area contributed by atoms with E-state index in [4.69, 9.17) is 15.2 Å². The molecule has 18 heavy (non-hydrogen) atoms. The first-order valence-corrected chi connectivity index (χ1v) is 6.54. The Morgan fingerprint density at radius 1 is 1.39 bits per heavy atom. The van der Waals surface area contributed by atoms with Gasteiger partial charge in [-0.3, -0.25) is 0 Å². The van der Waals surface area contributed by atoms with Crippen molar-refractivity contribution in [3.05, 3.63) is 35.9 Å². The van der Waals surface area contributed by atoms with E-state index in [9.17, 15) is 0 Å². The number of benzene rings is 1. The van der Waals surface area contributed by atoms with E-state index in [1.54, 1.807) is 7.11 Å². The molecule has 1 aromatic rings. The maximum atomic E-state index is 6.09. The summed E-state index contributed by atoms with van der Waals surface area (Å²) in [5, 5.41) is 0. The van der Waals surface area contributed by atoms with Crippen LogP contribution in [0.4, 0.5) is 0 Å². The second kappa shape index (κ2) is 6.45. The van der Waals surface area contributed by atoms with Crippen LogP contribution in [0.1, 0.15) is 24.8 Å². The average molecular weight is 247 g/mol. The molecule has 0 aromatic heterocycles. The number of rotatable bonds is 5. The molecule has 3 nitrogen and oxygen atoms in total. The van der Waals surface area contributed by atoms with Crippen LogP contribution in [0, 0.1) is 0 Å². The van der Waals surface area contributed by atoms with Crippen LogP contribution in [-0.4, -0.2) is 19.8 Å². The van der Waals surface area contributed by atoms with E-state index in [0.717, 1.165) is 36.3 Å². The molecule has 2 rings (SSSR count). The summed E-state index contributed by atoms with van der Waals surface area (Å²) in [5.41, 5.74) is 6.76. The van der Waals surface area contributed by atoms with Gasteiger partial charge in [-0.05, 0) is 49.9 Å². The Balaban J connectivity index is 2.22. The highest BCUT2D eigenvalue weighted by Crippen LogP contribution is 2.33. The molecule has 0 amide bonds. The summed E-state index contributed by atoms with van der Waals surface area (Å²) in [5.74, 6) is 1.64. The Morgan fingerprint density at radius 3 is 2.94 bits per heavy atom. The second-order valence-electron chi connectivity index (χ2n) is 4.50. The number of allylic oxidation sites excluding steroid dienone is 1. The first kappa shape index (κ1) is 13.0. The number of para-hydroxylation sites is 1. The lowest BCUT2D eigenvalue weighted by atomic mass is 10.0. The third kappa shape index (κ3) is 3.05. The van der Waals surface area contributed by atoms with Gasteiger partial charge in [0, 0.05) is 0 Å². The van der Waals surface area contributed by atoms with Crippen molar-refractivity contribution in [2.45, 2.75) is 31.8 Å². The Labute approximate surface area is 109 Å². The van der Waals surface area contributed by atoms with Gasteiger partial charge in [-0.15, -0.1) is 0 Å². The third-order valence-electron chi connectivity index (χ3n) is 3.17. The molecule has 0 radical (unpaired) electrons. The predicted octanol–water partition coefficient (Wildman–Crippen LogP) is 2.68. The van der Waals surface area contributed by atoms with Crippen LogP contribution < -0.4 is 15.2 Å². The van der Waals surface area contributed by atoms with E-state index >= 15 is 0 Å². The summed E-state index contributed by atoms with van der Waals surface area (Å²) < 4.78 is 11.5. The van der Waals surface area contributed by atoms with E-state index in [0.29, 0.717) is 6.54 Å². The van der Waals surface area contributed by atoms with Gasteiger partial charge in [0.25, 0.3) is 0 Å². The first-order valence-electron chi connectivity index (χ1n) is 6.54. The molecule has 0 heterocycles. The van der Waals surface area contributed by atoms with E-state index in [-0.39, 0.29) is 6.10 Å². The predicted molar refractivity (Wildman–Crippen MR) is 73.2 cm³/mol. The summed E-state index contributed by atoms with van der Waals surface area (Å²) in [4.78, 5) is 0. The van der Waals surface area contributed by atoms with Crippen LogP contribution in [0.25, 0.3) is 0 Å². The zero-order valence-electron chi connectivity index (χ0n) is 10.9. The molecule has 1 unspecified atom stereocenters. The highest BCUT2D eigenvalue weighted by Gasteiger charge is 2.16. The number of ether oxygens (including phenoxy) is 2. The summed E-state index contributed by atoms with van der Waals surface area (Å²) in [7, 11) is 1.67. The molecule has 1 aromatic carbocycles. The SMILES string of the molecule is COc1cccc(CCN)c1OC1C=CCCC1. The summed E-state index contributed by atoms with van der Waals surface area (Å²) in [6, 6.07) is 5.96. The van der Waals surface area contributed by atoms with Crippen molar-refractivity contribution in [2.75, 3.05) is 13.7 Å². The fourth-order valence-corrected chi connectivity index (χ4v) is 2.24. The molecular weight excluding hydrogens is 226 g/mol. The zero-order chi connectivity index (χ0) is 12.8. The van der Waals surface area contributed by atoms with Gasteiger partial charge in [0.2, 0.25) is 0 Å². The van der Waals surface area contributed by atoms with Crippen LogP contribution >= 0.6 is 0 Å². The number of hydrogen-bond acceptors (Lipinski definition) is 3. The maximum Gasteiger partial charge on any atom is 0.165 e. The van der Waals surface area contributed by atoms with Crippen molar-refractivity contribution in [1.29, 1.82) is 0 Å². The molecule has 0 bridgehead atoms. The monoisotopic (exact) mass is 247 g/mol. The fraction of sp³-hybridized carbons (Fsp3) is 0.467. The van der Waals surface area contributed by atoms with Gasteiger partial charge < -0.3 is 15.2 Å². The van der Waals surface area contributed by atoms with Crippen LogP contribution in [0.2, 0.25) is 0 Å². The largest absolute Gasteiger partial charge is 0.493 e. The zero-order valence-corrected chi connectivity index (χ0v) is 10.9. The maximum absolute atomic E-state index is 6.09. The fourth-order valence-electron chi connectivity index (χ4n) is 2.24. The van der Waals surface area contributed by atoms with E-state index in [1.807, 2.05) is 12.1 Å². The topological polar surface area (TPSA) is 44.5 Å². The molecule has 1 atom stereocenters. The van der Waals surface area contributed by atoms with Gasteiger partial charge in [-0.25, -0.2) is 0 Å². The van der Waals surface area contributed by atoms with E-state index in [1.165, 1.54) is 6.42 Å². The molecule has 0 spiro atoms. The van der Waals surface area contributed by atoms with Crippen LogP contribution in [0.3, 0.4) is 0 Å². The summed E-state index contributed by atoms with van der Waals surface area (Å²) in [6.07, 6.45) is 8.70.